The number of alkyl halides is 1. The Morgan fingerprint density at radius 2 is 2.07 bits per heavy atom. The zero-order chi connectivity index (χ0) is 11.4. The van der Waals surface area contributed by atoms with Gasteiger partial charge in [-0.1, -0.05) is 19.1 Å². The first-order valence-corrected chi connectivity index (χ1v) is 5.44. The third-order valence-corrected chi connectivity index (χ3v) is 2.72. The molecule has 1 aromatic carbocycles. The van der Waals surface area contributed by atoms with E-state index in [-0.39, 0.29) is 5.88 Å². The molecule has 84 valence electrons. The summed E-state index contributed by atoms with van der Waals surface area (Å²) in [5, 5.41) is 19.2. The summed E-state index contributed by atoms with van der Waals surface area (Å²) in [4.78, 5) is 0. The van der Waals surface area contributed by atoms with Crippen molar-refractivity contribution in [1.82, 2.24) is 0 Å². The number of benzene rings is 1. The molecule has 3 nitrogen and oxygen atoms in total. The Labute approximate surface area is 94.5 Å². The molecule has 0 bridgehead atoms. The van der Waals surface area contributed by atoms with Crippen LogP contribution in [-0.4, -0.2) is 22.2 Å². The lowest BCUT2D eigenvalue weighted by atomic mass is 10.00. The van der Waals surface area contributed by atoms with Gasteiger partial charge in [0.25, 0.3) is 0 Å². The lowest BCUT2D eigenvalue weighted by Crippen LogP contribution is -2.20. The summed E-state index contributed by atoms with van der Waals surface area (Å²) < 4.78 is 0. The molecule has 4 heteroatoms. The lowest BCUT2D eigenvalue weighted by Gasteiger charge is -2.18. The third-order valence-electron chi connectivity index (χ3n) is 2.40. The highest BCUT2D eigenvalue weighted by Crippen LogP contribution is 2.25. The molecule has 0 radical (unpaired) electrons. The van der Waals surface area contributed by atoms with Crippen LogP contribution in [-0.2, 0) is 6.42 Å². The average Bonchev–Trinajstić information content (AvgIpc) is 2.27. The number of hydrogen-bond donors (Lipinski definition) is 3. The minimum absolute atomic E-state index is 0.0169. The maximum absolute atomic E-state index is 9.78. The SMILES string of the molecule is CCc1ccc(N)c(C(O)C(O)CCl)c1. The molecule has 1 rings (SSSR count). The fourth-order valence-corrected chi connectivity index (χ4v) is 1.56. The maximum atomic E-state index is 9.78. The Bertz CT molecular complexity index is 330. The molecule has 0 saturated heterocycles. The molecule has 0 fully saturated rings. The van der Waals surface area contributed by atoms with Crippen LogP contribution < -0.4 is 5.73 Å². The summed E-state index contributed by atoms with van der Waals surface area (Å²) in [6.45, 7) is 2.01. The summed E-state index contributed by atoms with van der Waals surface area (Å²) in [5.74, 6) is -0.0169. The number of hydrogen-bond acceptors (Lipinski definition) is 3. The molecule has 0 spiro atoms. The predicted molar refractivity (Wildman–Crippen MR) is 61.9 cm³/mol. The summed E-state index contributed by atoms with van der Waals surface area (Å²) in [6.07, 6.45) is -1.15. The van der Waals surface area contributed by atoms with Gasteiger partial charge in [0.05, 0.1) is 12.0 Å². The number of nitrogens with two attached hydrogens (primary N) is 1. The van der Waals surface area contributed by atoms with Crippen LogP contribution in [0.25, 0.3) is 0 Å². The largest absolute Gasteiger partial charge is 0.398 e. The van der Waals surface area contributed by atoms with Gasteiger partial charge >= 0.3 is 0 Å². The molecular formula is C11H16ClNO2. The quantitative estimate of drug-likeness (QED) is 0.541. The molecular weight excluding hydrogens is 214 g/mol. The van der Waals surface area contributed by atoms with Crippen molar-refractivity contribution in [1.29, 1.82) is 0 Å². The van der Waals surface area contributed by atoms with Gasteiger partial charge in [-0.2, -0.15) is 0 Å². The predicted octanol–water partition coefficient (Wildman–Crippen LogP) is 1.46. The van der Waals surface area contributed by atoms with Gasteiger partial charge in [-0.3, -0.25) is 0 Å². The van der Waals surface area contributed by atoms with Crippen LogP contribution in [0, 0.1) is 0 Å². The second-order valence-electron chi connectivity index (χ2n) is 3.48. The number of aliphatic hydroxyl groups excluding tert-OH is 2. The van der Waals surface area contributed by atoms with Gasteiger partial charge in [0, 0.05) is 11.3 Å². The second kappa shape index (κ2) is 5.35. The van der Waals surface area contributed by atoms with Gasteiger partial charge in [-0.15, -0.1) is 11.6 Å². The summed E-state index contributed by atoms with van der Waals surface area (Å²) >= 11 is 5.47. The Hall–Kier alpha value is -0.770. The van der Waals surface area contributed by atoms with E-state index in [2.05, 4.69) is 0 Å². The fourth-order valence-electron chi connectivity index (χ4n) is 1.39. The Balaban J connectivity index is 3.01. The summed E-state index contributed by atoms with van der Waals surface area (Å²) in [6, 6.07) is 5.44. The van der Waals surface area contributed by atoms with Gasteiger partial charge in [0.2, 0.25) is 0 Å². The topological polar surface area (TPSA) is 66.5 Å². The van der Waals surface area contributed by atoms with E-state index >= 15 is 0 Å². The Morgan fingerprint density at radius 3 is 2.60 bits per heavy atom. The van der Waals surface area contributed by atoms with Gasteiger partial charge in [0.1, 0.15) is 6.10 Å². The molecule has 0 aliphatic carbocycles. The van der Waals surface area contributed by atoms with Crippen molar-refractivity contribution >= 4 is 17.3 Å². The van der Waals surface area contributed by atoms with Crippen LogP contribution in [0.4, 0.5) is 5.69 Å². The van der Waals surface area contributed by atoms with Crippen LogP contribution in [0.3, 0.4) is 0 Å². The highest BCUT2D eigenvalue weighted by molar-refractivity contribution is 6.18. The minimum atomic E-state index is -1.02. The van der Waals surface area contributed by atoms with E-state index in [0.717, 1.165) is 12.0 Å². The average molecular weight is 230 g/mol. The molecule has 2 unspecified atom stereocenters. The first kappa shape index (κ1) is 12.3. The molecule has 0 amide bonds. The highest BCUT2D eigenvalue weighted by atomic mass is 35.5. The zero-order valence-electron chi connectivity index (χ0n) is 8.65. The summed E-state index contributed by atoms with van der Waals surface area (Å²) in [7, 11) is 0. The van der Waals surface area contributed by atoms with E-state index in [9.17, 15) is 10.2 Å². The van der Waals surface area contributed by atoms with Gasteiger partial charge in [-0.25, -0.2) is 0 Å². The van der Waals surface area contributed by atoms with Crippen molar-refractivity contribution in [2.75, 3.05) is 11.6 Å². The van der Waals surface area contributed by atoms with E-state index < -0.39 is 12.2 Å². The lowest BCUT2D eigenvalue weighted by molar-refractivity contribution is 0.0331. The first-order chi connectivity index (χ1) is 7.10. The standard InChI is InChI=1S/C11H16ClNO2/c1-2-7-3-4-9(13)8(5-7)11(15)10(14)6-12/h3-5,10-11,14-15H,2,6,13H2,1H3. The Morgan fingerprint density at radius 1 is 1.40 bits per heavy atom. The van der Waals surface area contributed by atoms with Crippen LogP contribution in [0.2, 0.25) is 0 Å². The second-order valence-corrected chi connectivity index (χ2v) is 3.79. The molecule has 15 heavy (non-hydrogen) atoms. The maximum Gasteiger partial charge on any atom is 0.108 e. The van der Waals surface area contributed by atoms with Crippen molar-refractivity contribution in [2.45, 2.75) is 25.6 Å². The monoisotopic (exact) mass is 229 g/mol. The van der Waals surface area contributed by atoms with Crippen molar-refractivity contribution in [3.8, 4) is 0 Å². The molecule has 1 aromatic rings. The van der Waals surface area contributed by atoms with E-state index in [1.807, 2.05) is 13.0 Å². The van der Waals surface area contributed by atoms with E-state index in [1.165, 1.54) is 0 Å². The number of rotatable bonds is 4. The number of aryl methyl sites for hydroxylation is 1. The van der Waals surface area contributed by atoms with Crippen molar-refractivity contribution in [2.24, 2.45) is 0 Å². The van der Waals surface area contributed by atoms with E-state index in [0.29, 0.717) is 11.3 Å². The smallest absolute Gasteiger partial charge is 0.108 e. The van der Waals surface area contributed by atoms with E-state index in [1.54, 1.807) is 12.1 Å². The molecule has 0 heterocycles. The van der Waals surface area contributed by atoms with Crippen molar-refractivity contribution < 1.29 is 10.2 Å². The normalized spacial score (nSPS) is 14.9. The number of nitrogen functional groups attached to an aromatic ring is 1. The van der Waals surface area contributed by atoms with Crippen molar-refractivity contribution in [3.05, 3.63) is 29.3 Å². The summed E-state index contributed by atoms with van der Waals surface area (Å²) in [5.41, 5.74) is 7.81. The first-order valence-electron chi connectivity index (χ1n) is 4.90. The van der Waals surface area contributed by atoms with E-state index in [4.69, 9.17) is 17.3 Å². The minimum Gasteiger partial charge on any atom is -0.398 e. The number of anilines is 1. The molecule has 0 aliphatic heterocycles. The highest BCUT2D eigenvalue weighted by Gasteiger charge is 2.19. The van der Waals surface area contributed by atoms with Gasteiger partial charge < -0.3 is 15.9 Å². The number of halogens is 1. The molecule has 0 aliphatic rings. The molecule has 0 saturated carbocycles. The van der Waals surface area contributed by atoms with Crippen LogP contribution >= 0.6 is 11.6 Å². The fraction of sp³-hybridized carbons (Fsp3) is 0.455. The molecule has 4 N–H and O–H groups in total. The van der Waals surface area contributed by atoms with Gasteiger partial charge in [-0.05, 0) is 18.1 Å². The molecule has 0 aromatic heterocycles. The molecule has 2 atom stereocenters. The zero-order valence-corrected chi connectivity index (χ0v) is 9.41. The van der Waals surface area contributed by atoms with Crippen LogP contribution in [0.5, 0.6) is 0 Å². The Kier molecular flexibility index (Phi) is 4.39. The van der Waals surface area contributed by atoms with Gasteiger partial charge in [0.15, 0.2) is 0 Å². The van der Waals surface area contributed by atoms with Crippen LogP contribution in [0.15, 0.2) is 18.2 Å². The van der Waals surface area contributed by atoms with Crippen LogP contribution in [0.1, 0.15) is 24.2 Å². The number of aliphatic hydroxyl groups is 2. The van der Waals surface area contributed by atoms with Crippen molar-refractivity contribution in [3.63, 3.8) is 0 Å². The third kappa shape index (κ3) is 2.84.